The molecule has 1 aromatic rings. The van der Waals surface area contributed by atoms with Crippen LogP contribution in [0.2, 0.25) is 0 Å². The molecule has 0 heterocycles. The lowest BCUT2D eigenvalue weighted by atomic mass is 9.90. The van der Waals surface area contributed by atoms with Crippen molar-refractivity contribution in [1.29, 1.82) is 0 Å². The van der Waals surface area contributed by atoms with Gasteiger partial charge in [0.05, 0.1) is 5.56 Å². The van der Waals surface area contributed by atoms with Gasteiger partial charge in [0.25, 0.3) is 5.91 Å². The Morgan fingerprint density at radius 1 is 1.15 bits per heavy atom. The van der Waals surface area contributed by atoms with E-state index in [-0.39, 0.29) is 17.2 Å². The van der Waals surface area contributed by atoms with Crippen LogP contribution in [0, 0.1) is 5.41 Å². The molecular formula is C15H21BrN2O2. The lowest BCUT2D eigenvalue weighted by Gasteiger charge is -2.17. The number of hydrogen-bond donors (Lipinski definition) is 2. The van der Waals surface area contributed by atoms with Gasteiger partial charge in [0, 0.05) is 10.9 Å². The van der Waals surface area contributed by atoms with Crippen LogP contribution >= 0.6 is 15.9 Å². The molecule has 1 aromatic carbocycles. The first-order valence-electron chi connectivity index (χ1n) is 6.63. The SMILES string of the molecule is CC(C)(C)CCCC(=O)NNC(=O)c1ccccc1Br. The van der Waals surface area contributed by atoms with Crippen LogP contribution in [0.3, 0.4) is 0 Å². The van der Waals surface area contributed by atoms with E-state index >= 15 is 0 Å². The molecule has 5 heteroatoms. The van der Waals surface area contributed by atoms with Crippen molar-refractivity contribution in [3.05, 3.63) is 34.3 Å². The lowest BCUT2D eigenvalue weighted by molar-refractivity contribution is -0.122. The summed E-state index contributed by atoms with van der Waals surface area (Å²) in [4.78, 5) is 23.5. The van der Waals surface area contributed by atoms with Gasteiger partial charge in [-0.2, -0.15) is 0 Å². The zero-order chi connectivity index (χ0) is 15.2. The third-order valence-corrected chi connectivity index (χ3v) is 3.46. The Labute approximate surface area is 128 Å². The zero-order valence-electron chi connectivity index (χ0n) is 12.1. The monoisotopic (exact) mass is 340 g/mol. The van der Waals surface area contributed by atoms with Crippen molar-refractivity contribution >= 4 is 27.7 Å². The summed E-state index contributed by atoms with van der Waals surface area (Å²) in [7, 11) is 0. The van der Waals surface area contributed by atoms with Gasteiger partial charge in [-0.05, 0) is 46.3 Å². The van der Waals surface area contributed by atoms with Crippen LogP contribution < -0.4 is 10.9 Å². The van der Waals surface area contributed by atoms with Crippen molar-refractivity contribution in [2.24, 2.45) is 5.41 Å². The summed E-state index contributed by atoms with van der Waals surface area (Å²) in [6.07, 6.45) is 2.19. The van der Waals surface area contributed by atoms with Gasteiger partial charge in [-0.3, -0.25) is 20.4 Å². The first kappa shape index (κ1) is 16.7. The molecule has 1 rings (SSSR count). The van der Waals surface area contributed by atoms with Crippen LogP contribution in [0.15, 0.2) is 28.7 Å². The van der Waals surface area contributed by atoms with Crippen molar-refractivity contribution in [2.45, 2.75) is 40.0 Å². The molecule has 0 bridgehead atoms. The molecule has 0 spiro atoms. The maximum absolute atomic E-state index is 11.8. The molecular weight excluding hydrogens is 320 g/mol. The average molecular weight is 341 g/mol. The largest absolute Gasteiger partial charge is 0.273 e. The molecule has 0 fully saturated rings. The van der Waals surface area contributed by atoms with Gasteiger partial charge in [0.15, 0.2) is 0 Å². The smallest absolute Gasteiger partial charge is 0.270 e. The molecule has 0 atom stereocenters. The molecule has 2 N–H and O–H groups in total. The third-order valence-electron chi connectivity index (χ3n) is 2.76. The summed E-state index contributed by atoms with van der Waals surface area (Å²) in [6, 6.07) is 7.06. The van der Waals surface area contributed by atoms with E-state index in [4.69, 9.17) is 0 Å². The topological polar surface area (TPSA) is 58.2 Å². The average Bonchev–Trinajstić information content (AvgIpc) is 2.35. The summed E-state index contributed by atoms with van der Waals surface area (Å²) in [5.41, 5.74) is 5.56. The van der Waals surface area contributed by atoms with Gasteiger partial charge in [-0.1, -0.05) is 32.9 Å². The molecule has 0 aliphatic rings. The number of amides is 2. The summed E-state index contributed by atoms with van der Waals surface area (Å²) in [5, 5.41) is 0. The molecule has 0 aromatic heterocycles. The first-order chi connectivity index (χ1) is 9.29. The molecule has 2 amide bonds. The number of hydrazine groups is 1. The van der Waals surface area contributed by atoms with Crippen molar-refractivity contribution < 1.29 is 9.59 Å². The number of halogens is 1. The first-order valence-corrected chi connectivity index (χ1v) is 7.42. The summed E-state index contributed by atoms with van der Waals surface area (Å²) in [6.45, 7) is 6.42. The Morgan fingerprint density at radius 3 is 2.40 bits per heavy atom. The Hall–Kier alpha value is -1.36. The predicted molar refractivity (Wildman–Crippen MR) is 83.1 cm³/mol. The van der Waals surface area contributed by atoms with Crippen LogP contribution in [0.5, 0.6) is 0 Å². The Balaban J connectivity index is 2.35. The maximum atomic E-state index is 11.8. The van der Waals surface area contributed by atoms with E-state index in [1.807, 2.05) is 6.07 Å². The van der Waals surface area contributed by atoms with Crippen LogP contribution in [0.25, 0.3) is 0 Å². The van der Waals surface area contributed by atoms with Crippen molar-refractivity contribution in [3.8, 4) is 0 Å². The second-order valence-electron chi connectivity index (χ2n) is 5.90. The van der Waals surface area contributed by atoms with Crippen molar-refractivity contribution in [2.75, 3.05) is 0 Å². The fourth-order valence-corrected chi connectivity index (χ4v) is 2.15. The predicted octanol–water partition coefficient (Wildman–Crippen LogP) is 3.43. The van der Waals surface area contributed by atoms with Gasteiger partial charge in [0.1, 0.15) is 0 Å². The quantitative estimate of drug-likeness (QED) is 0.825. The van der Waals surface area contributed by atoms with E-state index in [0.29, 0.717) is 16.5 Å². The summed E-state index contributed by atoms with van der Waals surface area (Å²) < 4.78 is 0.694. The zero-order valence-corrected chi connectivity index (χ0v) is 13.7. The van der Waals surface area contributed by atoms with Crippen molar-refractivity contribution in [1.82, 2.24) is 10.9 Å². The number of hydrogen-bond acceptors (Lipinski definition) is 2. The van der Waals surface area contributed by atoms with Gasteiger partial charge in [-0.25, -0.2) is 0 Å². The molecule has 0 unspecified atom stereocenters. The van der Waals surface area contributed by atoms with Gasteiger partial charge >= 0.3 is 0 Å². The minimum absolute atomic E-state index is 0.172. The normalized spacial score (nSPS) is 11.0. The van der Waals surface area contributed by atoms with E-state index in [2.05, 4.69) is 47.6 Å². The Kier molecular flexibility index (Phi) is 6.20. The number of benzene rings is 1. The summed E-state index contributed by atoms with van der Waals surface area (Å²) in [5.74, 6) is -0.503. The van der Waals surface area contributed by atoms with E-state index in [1.165, 1.54) is 0 Å². The molecule has 20 heavy (non-hydrogen) atoms. The van der Waals surface area contributed by atoms with Gasteiger partial charge in [0.2, 0.25) is 5.91 Å². The molecule has 0 radical (unpaired) electrons. The maximum Gasteiger partial charge on any atom is 0.270 e. The molecule has 0 aliphatic carbocycles. The fourth-order valence-electron chi connectivity index (χ4n) is 1.68. The number of rotatable bonds is 4. The second-order valence-corrected chi connectivity index (χ2v) is 6.75. The highest BCUT2D eigenvalue weighted by Gasteiger charge is 2.12. The summed E-state index contributed by atoms with van der Waals surface area (Å²) >= 11 is 3.29. The standard InChI is InChI=1S/C15H21BrN2O2/c1-15(2,3)10-6-9-13(19)17-18-14(20)11-7-4-5-8-12(11)16/h4-5,7-8H,6,9-10H2,1-3H3,(H,17,19)(H,18,20). The van der Waals surface area contributed by atoms with E-state index in [1.54, 1.807) is 18.2 Å². The van der Waals surface area contributed by atoms with Crippen molar-refractivity contribution in [3.63, 3.8) is 0 Å². The van der Waals surface area contributed by atoms with Gasteiger partial charge < -0.3 is 0 Å². The highest BCUT2D eigenvalue weighted by atomic mass is 79.9. The van der Waals surface area contributed by atoms with Crippen LogP contribution in [0.1, 0.15) is 50.4 Å². The number of nitrogens with one attached hydrogen (secondary N) is 2. The van der Waals surface area contributed by atoms with Crippen LogP contribution in [0.4, 0.5) is 0 Å². The Morgan fingerprint density at radius 2 is 1.80 bits per heavy atom. The minimum atomic E-state index is -0.332. The molecule has 0 aliphatic heterocycles. The highest BCUT2D eigenvalue weighted by molar-refractivity contribution is 9.10. The molecule has 0 saturated heterocycles. The number of carbonyl (C=O) groups excluding carboxylic acids is 2. The number of carbonyl (C=O) groups is 2. The van der Waals surface area contributed by atoms with Crippen LogP contribution in [-0.2, 0) is 4.79 Å². The molecule has 4 nitrogen and oxygen atoms in total. The van der Waals surface area contributed by atoms with E-state index in [0.717, 1.165) is 12.8 Å². The lowest BCUT2D eigenvalue weighted by Crippen LogP contribution is -2.41. The second kappa shape index (κ2) is 7.43. The minimum Gasteiger partial charge on any atom is -0.273 e. The van der Waals surface area contributed by atoms with Crippen LogP contribution in [-0.4, -0.2) is 11.8 Å². The van der Waals surface area contributed by atoms with E-state index < -0.39 is 0 Å². The fraction of sp³-hybridized carbons (Fsp3) is 0.467. The van der Waals surface area contributed by atoms with E-state index in [9.17, 15) is 9.59 Å². The molecule has 110 valence electrons. The Bertz CT molecular complexity index is 481. The van der Waals surface area contributed by atoms with Gasteiger partial charge in [-0.15, -0.1) is 0 Å². The molecule has 0 saturated carbocycles. The third kappa shape index (κ3) is 6.19. The highest BCUT2D eigenvalue weighted by Crippen LogP contribution is 2.21.